The van der Waals surface area contributed by atoms with Gasteiger partial charge in [0, 0.05) is 23.7 Å². The molecule has 4 rings (SSSR count). The first kappa shape index (κ1) is 25.5. The zero-order valence-electron chi connectivity index (χ0n) is 20.1. The molecule has 0 amide bonds. The quantitative estimate of drug-likeness (QED) is 0.197. The zero-order valence-corrected chi connectivity index (χ0v) is 20.1. The molecule has 0 fully saturated rings. The van der Waals surface area contributed by atoms with E-state index in [0.29, 0.717) is 62.9 Å². The van der Waals surface area contributed by atoms with Crippen LogP contribution < -0.4 is 14.8 Å². The first-order valence-corrected chi connectivity index (χ1v) is 11.6. The first-order valence-electron chi connectivity index (χ1n) is 11.6. The largest absolute Gasteiger partial charge is 0.487 e. The van der Waals surface area contributed by atoms with Gasteiger partial charge < -0.3 is 38.5 Å². The number of aromatic nitrogens is 3. The summed E-state index contributed by atoms with van der Waals surface area (Å²) < 4.78 is 33.4. The van der Waals surface area contributed by atoms with E-state index >= 15 is 0 Å². The normalized spacial score (nSPS) is 11.2. The van der Waals surface area contributed by atoms with Crippen molar-refractivity contribution in [1.82, 2.24) is 15.2 Å². The van der Waals surface area contributed by atoms with Crippen molar-refractivity contribution in [2.45, 2.75) is 0 Å². The minimum absolute atomic E-state index is 0.0297. The Hall–Kier alpha value is -3.64. The molecule has 0 unspecified atom stereocenters. The summed E-state index contributed by atoms with van der Waals surface area (Å²) in [6, 6.07) is 11.7. The van der Waals surface area contributed by atoms with Crippen LogP contribution in [-0.2, 0) is 14.2 Å². The lowest BCUT2D eigenvalue weighted by atomic mass is 10.1. The number of aliphatic hydroxyl groups excluding tert-OH is 1. The maximum absolute atomic E-state index is 8.83. The average molecular weight is 499 g/mol. The number of aromatic amines is 1. The molecule has 192 valence electrons. The SMILES string of the molecule is COCCOCCOc1cc(-c2cnc(Nc3ccc4[nH]ncc4c3)o2)ccc1OCCOCCO. The third kappa shape index (κ3) is 7.18. The maximum Gasteiger partial charge on any atom is 0.299 e. The van der Waals surface area contributed by atoms with Crippen LogP contribution in [0.25, 0.3) is 22.2 Å². The molecule has 0 spiro atoms. The Morgan fingerprint density at radius 2 is 1.69 bits per heavy atom. The summed E-state index contributed by atoms with van der Waals surface area (Å²) in [6.07, 6.45) is 3.41. The van der Waals surface area contributed by atoms with Crippen molar-refractivity contribution in [1.29, 1.82) is 0 Å². The number of aliphatic hydroxyl groups is 1. The first-order chi connectivity index (χ1) is 17.8. The van der Waals surface area contributed by atoms with Crippen LogP contribution in [0.1, 0.15) is 0 Å². The van der Waals surface area contributed by atoms with E-state index in [2.05, 4.69) is 20.5 Å². The van der Waals surface area contributed by atoms with Gasteiger partial charge in [-0.3, -0.25) is 5.10 Å². The molecule has 0 saturated heterocycles. The van der Waals surface area contributed by atoms with Gasteiger partial charge in [0.2, 0.25) is 0 Å². The second kappa shape index (κ2) is 13.4. The number of hydrogen-bond donors (Lipinski definition) is 3. The van der Waals surface area contributed by atoms with Gasteiger partial charge in [0.1, 0.15) is 13.2 Å². The number of nitrogens with one attached hydrogen (secondary N) is 2. The van der Waals surface area contributed by atoms with E-state index in [4.69, 9.17) is 33.2 Å². The van der Waals surface area contributed by atoms with Crippen LogP contribution in [0, 0.1) is 0 Å². The topological polar surface area (TPSA) is 133 Å². The number of rotatable bonds is 16. The fourth-order valence-corrected chi connectivity index (χ4v) is 3.33. The molecule has 0 aliphatic carbocycles. The Labute approximate surface area is 208 Å². The predicted octanol–water partition coefficient (Wildman–Crippen LogP) is 3.39. The molecule has 11 nitrogen and oxygen atoms in total. The van der Waals surface area contributed by atoms with Crippen molar-refractivity contribution in [3.8, 4) is 22.8 Å². The van der Waals surface area contributed by atoms with Gasteiger partial charge in [-0.15, -0.1) is 0 Å². The Morgan fingerprint density at radius 3 is 2.53 bits per heavy atom. The molecule has 0 radical (unpaired) electrons. The number of methoxy groups -OCH3 is 1. The van der Waals surface area contributed by atoms with E-state index in [9.17, 15) is 0 Å². The average Bonchev–Trinajstić information content (AvgIpc) is 3.56. The molecule has 0 atom stereocenters. The van der Waals surface area contributed by atoms with Crippen LogP contribution in [0.4, 0.5) is 11.7 Å². The second-order valence-corrected chi connectivity index (χ2v) is 7.63. The van der Waals surface area contributed by atoms with Crippen LogP contribution in [-0.4, -0.2) is 80.3 Å². The van der Waals surface area contributed by atoms with Crippen molar-refractivity contribution < 1.29 is 33.2 Å². The Balaban J connectivity index is 1.42. The molecule has 2 aromatic carbocycles. The van der Waals surface area contributed by atoms with E-state index < -0.39 is 0 Å². The maximum atomic E-state index is 8.83. The summed E-state index contributed by atoms with van der Waals surface area (Å²) in [4.78, 5) is 4.35. The summed E-state index contributed by atoms with van der Waals surface area (Å²) in [5, 5.41) is 19.9. The molecular weight excluding hydrogens is 468 g/mol. The smallest absolute Gasteiger partial charge is 0.299 e. The molecule has 3 N–H and O–H groups in total. The lowest BCUT2D eigenvalue weighted by Crippen LogP contribution is -2.12. The van der Waals surface area contributed by atoms with Gasteiger partial charge in [-0.05, 0) is 36.4 Å². The minimum atomic E-state index is -0.0297. The van der Waals surface area contributed by atoms with Gasteiger partial charge in [-0.25, -0.2) is 4.98 Å². The summed E-state index contributed by atoms with van der Waals surface area (Å²) >= 11 is 0. The highest BCUT2D eigenvalue weighted by molar-refractivity contribution is 5.82. The van der Waals surface area contributed by atoms with Crippen LogP contribution in [0.5, 0.6) is 11.5 Å². The third-order valence-electron chi connectivity index (χ3n) is 5.06. The monoisotopic (exact) mass is 498 g/mol. The van der Waals surface area contributed by atoms with Gasteiger partial charge in [-0.2, -0.15) is 5.10 Å². The summed E-state index contributed by atoms with van der Waals surface area (Å²) in [7, 11) is 1.63. The van der Waals surface area contributed by atoms with Crippen molar-refractivity contribution >= 4 is 22.6 Å². The molecule has 0 saturated carbocycles. The zero-order chi connectivity index (χ0) is 25.0. The summed E-state index contributed by atoms with van der Waals surface area (Å²) in [6.45, 7) is 2.66. The molecule has 11 heteroatoms. The number of H-pyrrole nitrogens is 1. The Morgan fingerprint density at radius 1 is 0.889 bits per heavy atom. The van der Waals surface area contributed by atoms with Crippen molar-refractivity contribution in [3.05, 3.63) is 48.8 Å². The van der Waals surface area contributed by atoms with Gasteiger partial charge in [0.05, 0.1) is 57.6 Å². The van der Waals surface area contributed by atoms with Gasteiger partial charge in [0.15, 0.2) is 17.3 Å². The van der Waals surface area contributed by atoms with Crippen LogP contribution in [0.2, 0.25) is 0 Å². The molecule has 4 aromatic rings. The van der Waals surface area contributed by atoms with Gasteiger partial charge in [0.25, 0.3) is 6.01 Å². The van der Waals surface area contributed by atoms with Gasteiger partial charge in [-0.1, -0.05) is 0 Å². The fourth-order valence-electron chi connectivity index (χ4n) is 3.33. The van der Waals surface area contributed by atoms with E-state index in [1.54, 1.807) is 19.5 Å². The number of ether oxygens (including phenoxy) is 5. The second-order valence-electron chi connectivity index (χ2n) is 7.63. The Bertz CT molecular complexity index is 1210. The molecule has 0 aliphatic rings. The highest BCUT2D eigenvalue weighted by Gasteiger charge is 2.13. The van der Waals surface area contributed by atoms with Crippen molar-refractivity contribution in [2.24, 2.45) is 0 Å². The molecule has 2 aromatic heterocycles. The van der Waals surface area contributed by atoms with Gasteiger partial charge >= 0.3 is 0 Å². The number of anilines is 2. The molecule has 0 aliphatic heterocycles. The predicted molar refractivity (Wildman–Crippen MR) is 133 cm³/mol. The van der Waals surface area contributed by atoms with E-state index in [1.807, 2.05) is 36.4 Å². The van der Waals surface area contributed by atoms with E-state index in [1.165, 1.54) is 0 Å². The number of oxazole rings is 1. The molecular formula is C25H30N4O7. The van der Waals surface area contributed by atoms with Crippen molar-refractivity contribution in [3.63, 3.8) is 0 Å². The van der Waals surface area contributed by atoms with E-state index in [-0.39, 0.29) is 13.2 Å². The number of nitrogens with zero attached hydrogens (tertiary/aromatic N) is 2. The molecule has 0 bridgehead atoms. The Kier molecular flexibility index (Phi) is 9.51. The summed E-state index contributed by atoms with van der Waals surface area (Å²) in [5.41, 5.74) is 2.56. The van der Waals surface area contributed by atoms with Crippen LogP contribution in [0.3, 0.4) is 0 Å². The van der Waals surface area contributed by atoms with Crippen LogP contribution in [0.15, 0.2) is 53.2 Å². The summed E-state index contributed by atoms with van der Waals surface area (Å²) in [5.74, 6) is 1.68. The van der Waals surface area contributed by atoms with Crippen LogP contribution >= 0.6 is 0 Å². The number of fused-ring (bicyclic) bond motifs is 1. The van der Waals surface area contributed by atoms with Crippen molar-refractivity contribution in [2.75, 3.05) is 65.3 Å². The molecule has 36 heavy (non-hydrogen) atoms. The van der Waals surface area contributed by atoms with E-state index in [0.717, 1.165) is 22.2 Å². The lowest BCUT2D eigenvalue weighted by molar-refractivity contribution is 0.0527. The fraction of sp³-hybridized carbons (Fsp3) is 0.360. The highest BCUT2D eigenvalue weighted by Crippen LogP contribution is 2.34. The number of benzene rings is 2. The molecule has 2 heterocycles. The third-order valence-corrected chi connectivity index (χ3v) is 5.06. The highest BCUT2D eigenvalue weighted by atomic mass is 16.6. The number of hydrogen-bond acceptors (Lipinski definition) is 10. The minimum Gasteiger partial charge on any atom is -0.487 e. The lowest BCUT2D eigenvalue weighted by Gasteiger charge is -2.14. The standard InChI is InChI=1S/C25H30N4O7/c1-31-8-9-33-11-13-35-23-15-18(2-5-22(23)34-12-10-32-7-6-30)24-17-26-25(36-24)28-20-3-4-21-19(14-20)16-27-29-21/h2-5,14-17,30H,6-13H2,1H3,(H,26,28)(H,27,29).